The zero-order valence-corrected chi connectivity index (χ0v) is 17.4. The molecule has 0 aliphatic heterocycles. The Morgan fingerprint density at radius 2 is 1.80 bits per heavy atom. The first-order valence-corrected chi connectivity index (χ1v) is 10.0. The van der Waals surface area contributed by atoms with Crippen LogP contribution in [-0.2, 0) is 16.0 Å². The summed E-state index contributed by atoms with van der Waals surface area (Å²) in [5, 5.41) is 0.759. The molecule has 0 bridgehead atoms. The van der Waals surface area contributed by atoms with Crippen LogP contribution in [0, 0.1) is 6.92 Å². The summed E-state index contributed by atoms with van der Waals surface area (Å²) in [6.07, 6.45) is 3.66. The molecule has 0 unspecified atom stereocenters. The first-order chi connectivity index (χ1) is 14.4. The molecular weight excluding hydrogens is 376 g/mol. The summed E-state index contributed by atoms with van der Waals surface area (Å²) in [4.78, 5) is 31.2. The summed E-state index contributed by atoms with van der Waals surface area (Å²) in [5.41, 5.74) is 6.45. The molecule has 1 amide bonds. The maximum absolute atomic E-state index is 13.0. The summed E-state index contributed by atoms with van der Waals surface area (Å²) in [6.45, 7) is 1.79. The van der Waals surface area contributed by atoms with Crippen molar-refractivity contribution in [2.75, 3.05) is 20.7 Å². The second kappa shape index (κ2) is 8.11. The van der Waals surface area contributed by atoms with Crippen molar-refractivity contribution in [3.63, 3.8) is 0 Å². The van der Waals surface area contributed by atoms with Gasteiger partial charge in [-0.15, -0.1) is 0 Å². The molecule has 1 heterocycles. The summed E-state index contributed by atoms with van der Waals surface area (Å²) in [6, 6.07) is 15.9. The highest BCUT2D eigenvalue weighted by atomic mass is 16.5. The van der Waals surface area contributed by atoms with Gasteiger partial charge in [-0.3, -0.25) is 4.79 Å². The maximum atomic E-state index is 13.0. The summed E-state index contributed by atoms with van der Waals surface area (Å²) in [7, 11) is 3.27. The minimum atomic E-state index is -0.475. The van der Waals surface area contributed by atoms with Crippen LogP contribution in [0.2, 0.25) is 0 Å². The number of pyridine rings is 1. The van der Waals surface area contributed by atoms with E-state index in [0.717, 1.165) is 46.1 Å². The van der Waals surface area contributed by atoms with Gasteiger partial charge in [-0.25, -0.2) is 9.78 Å². The number of rotatable bonds is 4. The number of nitrogens with zero attached hydrogens (tertiary/aromatic N) is 2. The number of aromatic nitrogens is 1. The molecule has 0 fully saturated rings. The van der Waals surface area contributed by atoms with Gasteiger partial charge in [0.05, 0.1) is 16.8 Å². The van der Waals surface area contributed by atoms with Crippen LogP contribution in [0.15, 0.2) is 48.5 Å². The highest BCUT2D eigenvalue weighted by Gasteiger charge is 2.28. The molecular formula is C25H24N2O3. The van der Waals surface area contributed by atoms with Gasteiger partial charge in [-0.2, -0.15) is 0 Å². The van der Waals surface area contributed by atoms with Gasteiger partial charge in [0.2, 0.25) is 0 Å². The third-order valence-corrected chi connectivity index (χ3v) is 5.39. The Morgan fingerprint density at radius 1 is 1.07 bits per heavy atom. The molecule has 30 heavy (non-hydrogen) atoms. The number of carbonyl (C=O) groups is 2. The van der Waals surface area contributed by atoms with Gasteiger partial charge in [0.1, 0.15) is 0 Å². The number of ether oxygens (including phenoxy) is 1. The number of benzene rings is 2. The van der Waals surface area contributed by atoms with E-state index >= 15 is 0 Å². The normalized spacial score (nSPS) is 14.0. The molecule has 1 aliphatic rings. The van der Waals surface area contributed by atoms with E-state index < -0.39 is 5.97 Å². The number of hydrogen-bond acceptors (Lipinski definition) is 4. The average molecular weight is 400 g/mol. The highest BCUT2D eigenvalue weighted by Crippen LogP contribution is 2.37. The molecule has 0 N–H and O–H groups in total. The van der Waals surface area contributed by atoms with Gasteiger partial charge in [0.25, 0.3) is 5.91 Å². The van der Waals surface area contributed by atoms with Crippen LogP contribution in [0.25, 0.3) is 22.6 Å². The number of likely N-dealkylation sites (N-methyl/N-ethyl adjacent to an activating group) is 1. The quantitative estimate of drug-likeness (QED) is 0.614. The van der Waals surface area contributed by atoms with Crippen LogP contribution in [0.3, 0.4) is 0 Å². The first-order valence-electron chi connectivity index (χ1n) is 10.0. The molecule has 1 aromatic heterocycles. The Labute approximate surface area is 176 Å². The fraction of sp³-hybridized carbons (Fsp3) is 0.240. The lowest BCUT2D eigenvalue weighted by Gasteiger charge is -2.14. The third kappa shape index (κ3) is 3.83. The van der Waals surface area contributed by atoms with E-state index in [0.29, 0.717) is 5.56 Å². The zero-order valence-electron chi connectivity index (χ0n) is 17.4. The van der Waals surface area contributed by atoms with E-state index in [1.54, 1.807) is 14.1 Å². The highest BCUT2D eigenvalue weighted by molar-refractivity contribution is 6.07. The maximum Gasteiger partial charge on any atom is 0.339 e. The molecule has 5 nitrogen and oxygen atoms in total. The molecule has 0 spiro atoms. The summed E-state index contributed by atoms with van der Waals surface area (Å²) < 4.78 is 5.37. The lowest BCUT2D eigenvalue weighted by molar-refractivity contribution is -0.131. The van der Waals surface area contributed by atoms with Crippen LogP contribution >= 0.6 is 0 Å². The molecule has 152 valence electrons. The van der Waals surface area contributed by atoms with E-state index in [-0.39, 0.29) is 12.5 Å². The van der Waals surface area contributed by atoms with Crippen molar-refractivity contribution in [2.24, 2.45) is 0 Å². The molecule has 0 saturated carbocycles. The fourth-order valence-electron chi connectivity index (χ4n) is 3.70. The Hall–Kier alpha value is -3.47. The van der Waals surface area contributed by atoms with Crippen molar-refractivity contribution in [3.8, 4) is 0 Å². The molecule has 0 atom stereocenters. The second-order valence-electron chi connectivity index (χ2n) is 7.78. The topological polar surface area (TPSA) is 59.5 Å². The molecule has 4 rings (SSSR count). The number of esters is 1. The molecule has 0 saturated heterocycles. The lowest BCUT2D eigenvalue weighted by Crippen LogP contribution is -2.27. The second-order valence-corrected chi connectivity index (χ2v) is 7.78. The van der Waals surface area contributed by atoms with Crippen LogP contribution in [0.1, 0.15) is 39.2 Å². The van der Waals surface area contributed by atoms with Crippen molar-refractivity contribution >= 4 is 34.4 Å². The van der Waals surface area contributed by atoms with Crippen LogP contribution in [0.4, 0.5) is 0 Å². The Bertz CT molecular complexity index is 1160. The van der Waals surface area contributed by atoms with Crippen LogP contribution < -0.4 is 0 Å². The number of hydrogen-bond donors (Lipinski definition) is 0. The first kappa shape index (κ1) is 19.8. The van der Waals surface area contributed by atoms with Crippen molar-refractivity contribution in [2.45, 2.75) is 19.8 Å². The van der Waals surface area contributed by atoms with Crippen molar-refractivity contribution in [1.29, 1.82) is 0 Å². The zero-order chi connectivity index (χ0) is 21.3. The van der Waals surface area contributed by atoms with E-state index in [9.17, 15) is 9.59 Å². The van der Waals surface area contributed by atoms with Crippen molar-refractivity contribution in [3.05, 3.63) is 76.5 Å². The molecule has 0 radical (unpaired) electrons. The van der Waals surface area contributed by atoms with Gasteiger partial charge in [0, 0.05) is 19.5 Å². The van der Waals surface area contributed by atoms with Crippen molar-refractivity contribution < 1.29 is 14.3 Å². The standard InChI is InChI=1S/C25H24N2O3/c1-16-8-10-17(11-9-16)14-18-12-13-20-23(25(29)30-15-22(28)27(2)3)19-6-4-5-7-21(19)26-24(18)20/h4-11,14H,12-13,15H2,1-3H3. The van der Waals surface area contributed by atoms with Crippen LogP contribution in [-0.4, -0.2) is 42.5 Å². The van der Waals surface area contributed by atoms with Gasteiger partial charge >= 0.3 is 5.97 Å². The van der Waals surface area contributed by atoms with Gasteiger partial charge < -0.3 is 9.64 Å². The van der Waals surface area contributed by atoms with Crippen LogP contribution in [0.5, 0.6) is 0 Å². The average Bonchev–Trinajstić information content (AvgIpc) is 3.13. The molecule has 3 aromatic rings. The van der Waals surface area contributed by atoms with E-state index in [2.05, 4.69) is 37.3 Å². The number of fused-ring (bicyclic) bond motifs is 2. The fourth-order valence-corrected chi connectivity index (χ4v) is 3.70. The SMILES string of the molecule is Cc1ccc(C=C2CCc3c2nc2ccccc2c3C(=O)OCC(=O)N(C)C)cc1. The van der Waals surface area contributed by atoms with Crippen molar-refractivity contribution in [1.82, 2.24) is 9.88 Å². The lowest BCUT2D eigenvalue weighted by atomic mass is 10.0. The monoisotopic (exact) mass is 400 g/mol. The summed E-state index contributed by atoms with van der Waals surface area (Å²) >= 11 is 0. The third-order valence-electron chi connectivity index (χ3n) is 5.39. The number of allylic oxidation sites excluding steroid dienone is 1. The summed E-state index contributed by atoms with van der Waals surface area (Å²) in [5.74, 6) is -0.727. The van der Waals surface area contributed by atoms with Gasteiger partial charge in [0.15, 0.2) is 6.61 Å². The largest absolute Gasteiger partial charge is 0.452 e. The number of para-hydroxylation sites is 1. The predicted molar refractivity (Wildman–Crippen MR) is 118 cm³/mol. The van der Waals surface area contributed by atoms with E-state index in [1.807, 2.05) is 24.3 Å². The Kier molecular flexibility index (Phi) is 5.36. The molecule has 5 heteroatoms. The molecule has 1 aliphatic carbocycles. The van der Waals surface area contributed by atoms with Gasteiger partial charge in [-0.05, 0) is 48.6 Å². The number of aryl methyl sites for hydroxylation is 1. The van der Waals surface area contributed by atoms with E-state index in [1.165, 1.54) is 10.5 Å². The molecule has 2 aromatic carbocycles. The smallest absolute Gasteiger partial charge is 0.339 e. The predicted octanol–water partition coefficient (Wildman–Crippen LogP) is 4.28. The van der Waals surface area contributed by atoms with Gasteiger partial charge in [-0.1, -0.05) is 48.0 Å². The number of amides is 1. The minimum absolute atomic E-state index is 0.252. The number of carbonyl (C=O) groups excluding carboxylic acids is 2. The minimum Gasteiger partial charge on any atom is -0.452 e. The Morgan fingerprint density at radius 3 is 2.53 bits per heavy atom. The van der Waals surface area contributed by atoms with E-state index in [4.69, 9.17) is 9.72 Å². The Balaban J connectivity index is 1.77.